The van der Waals surface area contributed by atoms with Gasteiger partial charge in [-0.15, -0.1) is 0 Å². The molecular formula is C17H26N2O5. The van der Waals surface area contributed by atoms with Gasteiger partial charge in [-0.3, -0.25) is 14.9 Å². The molecule has 1 rings (SSSR count). The number of ether oxygens (including phenoxy) is 1. The smallest absolute Gasteiger partial charge is 0.259 e. The van der Waals surface area contributed by atoms with E-state index in [1.54, 1.807) is 13.1 Å². The number of nitrogens with zero attached hydrogens (tertiary/aromatic N) is 1. The normalized spacial score (nSPS) is 19.9. The highest BCUT2D eigenvalue weighted by molar-refractivity contribution is 5.75. The Morgan fingerprint density at radius 2 is 2.17 bits per heavy atom. The molecule has 0 radical (unpaired) electrons. The number of amides is 1. The summed E-state index contributed by atoms with van der Waals surface area (Å²) in [4.78, 5) is 33.7. The van der Waals surface area contributed by atoms with Crippen LogP contribution in [0.15, 0.2) is 23.6 Å². The minimum Gasteiger partial charge on any atom is -0.498 e. The van der Waals surface area contributed by atoms with Crippen LogP contribution in [0.3, 0.4) is 0 Å². The van der Waals surface area contributed by atoms with Gasteiger partial charge in [0.15, 0.2) is 0 Å². The molecule has 1 amide bonds. The average molecular weight is 338 g/mol. The first-order chi connectivity index (χ1) is 11.5. The van der Waals surface area contributed by atoms with Crippen LogP contribution in [0.25, 0.3) is 0 Å². The topological polar surface area (TPSA) is 98.5 Å². The highest BCUT2D eigenvalue weighted by Crippen LogP contribution is 2.41. The largest absolute Gasteiger partial charge is 0.498 e. The Kier molecular flexibility index (Phi) is 8.15. The zero-order valence-corrected chi connectivity index (χ0v) is 14.4. The number of rotatable bonds is 11. The second-order valence-corrected chi connectivity index (χ2v) is 5.98. The van der Waals surface area contributed by atoms with Crippen molar-refractivity contribution in [1.29, 1.82) is 0 Å². The molecule has 0 aromatic heterocycles. The molecule has 24 heavy (non-hydrogen) atoms. The minimum absolute atomic E-state index is 0.0615. The molecule has 0 heterocycles. The third-order valence-electron chi connectivity index (χ3n) is 4.19. The predicted molar refractivity (Wildman–Crippen MR) is 89.7 cm³/mol. The number of aldehydes is 1. The van der Waals surface area contributed by atoms with E-state index in [-0.39, 0.29) is 18.0 Å². The number of allylic oxidation sites excluding steroid dienone is 4. The zero-order valence-electron chi connectivity index (χ0n) is 14.4. The van der Waals surface area contributed by atoms with E-state index in [0.29, 0.717) is 37.9 Å². The van der Waals surface area contributed by atoms with Gasteiger partial charge in [0.1, 0.15) is 11.7 Å². The molecule has 1 N–H and O–H groups in total. The Balaban J connectivity index is 2.74. The lowest BCUT2D eigenvalue weighted by Crippen LogP contribution is -2.32. The lowest BCUT2D eigenvalue weighted by atomic mass is 9.75. The maximum Gasteiger partial charge on any atom is 0.259 e. The Labute approximate surface area is 142 Å². The fourth-order valence-corrected chi connectivity index (χ4v) is 2.77. The number of unbranched alkanes of at least 4 members (excludes halogenated alkanes) is 2. The second kappa shape index (κ2) is 9.85. The molecule has 1 unspecified atom stereocenters. The van der Waals surface area contributed by atoms with Crippen LogP contribution in [-0.2, 0) is 14.3 Å². The molecule has 0 aliphatic heterocycles. The summed E-state index contributed by atoms with van der Waals surface area (Å²) in [6.07, 6.45) is 7.82. The molecule has 1 atom stereocenters. The first-order valence-electron chi connectivity index (χ1n) is 8.34. The van der Waals surface area contributed by atoms with Crippen molar-refractivity contribution in [1.82, 2.24) is 5.32 Å². The molecule has 7 heteroatoms. The van der Waals surface area contributed by atoms with Gasteiger partial charge in [-0.2, -0.15) is 0 Å². The van der Waals surface area contributed by atoms with E-state index < -0.39 is 10.3 Å². The molecule has 0 saturated heterocycles. The Hall–Kier alpha value is -2.18. The summed E-state index contributed by atoms with van der Waals surface area (Å²) in [5.74, 6) is 0.495. The van der Waals surface area contributed by atoms with Crippen LogP contribution in [0.2, 0.25) is 0 Å². The number of hydrogen-bond acceptors (Lipinski definition) is 5. The first kappa shape index (κ1) is 19.9. The van der Waals surface area contributed by atoms with E-state index in [2.05, 4.69) is 5.32 Å². The molecule has 7 nitrogen and oxygen atoms in total. The monoisotopic (exact) mass is 338 g/mol. The SMILES string of the molecule is CCCCCC1(C=O)CC(OCCCC(=O)NC)=CC=C1[N+](=O)[O-]. The summed E-state index contributed by atoms with van der Waals surface area (Å²) in [7, 11) is 1.57. The number of carbonyl (C=O) groups excluding carboxylic acids is 2. The molecule has 0 aromatic rings. The highest BCUT2D eigenvalue weighted by atomic mass is 16.6. The van der Waals surface area contributed by atoms with Gasteiger partial charge in [0, 0.05) is 26.0 Å². The number of carbonyl (C=O) groups is 2. The van der Waals surface area contributed by atoms with Gasteiger partial charge >= 0.3 is 0 Å². The van der Waals surface area contributed by atoms with Crippen molar-refractivity contribution in [3.05, 3.63) is 33.7 Å². The predicted octanol–water partition coefficient (Wildman–Crippen LogP) is 2.74. The summed E-state index contributed by atoms with van der Waals surface area (Å²) in [6, 6.07) is 0. The lowest BCUT2D eigenvalue weighted by Gasteiger charge is -2.28. The molecule has 1 aliphatic rings. The van der Waals surface area contributed by atoms with Crippen molar-refractivity contribution in [2.75, 3.05) is 13.7 Å². The van der Waals surface area contributed by atoms with Crippen LogP contribution in [0.5, 0.6) is 0 Å². The van der Waals surface area contributed by atoms with Crippen LogP contribution < -0.4 is 5.32 Å². The maximum absolute atomic E-state index is 11.7. The minimum atomic E-state index is -1.12. The summed E-state index contributed by atoms with van der Waals surface area (Å²) < 4.78 is 5.62. The molecule has 134 valence electrons. The fraction of sp³-hybridized carbons (Fsp3) is 0.647. The van der Waals surface area contributed by atoms with Gasteiger partial charge in [0.25, 0.3) is 5.70 Å². The molecule has 0 saturated carbocycles. The average Bonchev–Trinajstić information content (AvgIpc) is 2.58. The van der Waals surface area contributed by atoms with Crippen molar-refractivity contribution in [2.24, 2.45) is 5.41 Å². The van der Waals surface area contributed by atoms with Crippen LogP contribution in [0.4, 0.5) is 0 Å². The van der Waals surface area contributed by atoms with E-state index in [4.69, 9.17) is 4.74 Å². The van der Waals surface area contributed by atoms with Crippen LogP contribution in [-0.4, -0.2) is 30.8 Å². The van der Waals surface area contributed by atoms with Gasteiger partial charge in [-0.25, -0.2) is 0 Å². The van der Waals surface area contributed by atoms with Gasteiger partial charge in [-0.1, -0.05) is 26.2 Å². The summed E-state index contributed by atoms with van der Waals surface area (Å²) in [6.45, 7) is 2.38. The maximum atomic E-state index is 11.7. The van der Waals surface area contributed by atoms with Gasteiger partial charge < -0.3 is 14.8 Å². The molecule has 0 bridgehead atoms. The van der Waals surface area contributed by atoms with Crippen LogP contribution >= 0.6 is 0 Å². The quantitative estimate of drug-likeness (QED) is 0.270. The summed E-state index contributed by atoms with van der Waals surface area (Å²) in [5.41, 5.74) is -1.19. The second-order valence-electron chi connectivity index (χ2n) is 5.98. The van der Waals surface area contributed by atoms with Gasteiger partial charge in [-0.05, 0) is 18.9 Å². The van der Waals surface area contributed by atoms with Crippen molar-refractivity contribution >= 4 is 12.2 Å². The van der Waals surface area contributed by atoms with E-state index >= 15 is 0 Å². The molecule has 0 aromatic carbocycles. The number of hydrogen-bond donors (Lipinski definition) is 1. The van der Waals surface area contributed by atoms with Crippen molar-refractivity contribution < 1.29 is 19.2 Å². The third kappa shape index (κ3) is 5.47. The Morgan fingerprint density at radius 1 is 1.42 bits per heavy atom. The van der Waals surface area contributed by atoms with Crippen molar-refractivity contribution in [3.63, 3.8) is 0 Å². The van der Waals surface area contributed by atoms with E-state index in [9.17, 15) is 19.7 Å². The van der Waals surface area contributed by atoms with Crippen LogP contribution in [0.1, 0.15) is 51.9 Å². The van der Waals surface area contributed by atoms with Gasteiger partial charge in [0.2, 0.25) is 5.91 Å². The zero-order chi connectivity index (χ0) is 18.0. The Morgan fingerprint density at radius 3 is 2.75 bits per heavy atom. The summed E-state index contributed by atoms with van der Waals surface area (Å²) >= 11 is 0. The van der Waals surface area contributed by atoms with Crippen molar-refractivity contribution in [3.8, 4) is 0 Å². The number of nitrogens with one attached hydrogen (secondary N) is 1. The molecular weight excluding hydrogens is 312 g/mol. The standard InChI is InChI=1S/C17H26N2O5/c1-3-4-5-10-17(13-20)12-14(8-9-15(17)19(22)23)24-11-6-7-16(21)18-2/h8-9,13H,3-7,10-12H2,1-2H3,(H,18,21). The van der Waals surface area contributed by atoms with E-state index in [0.717, 1.165) is 19.3 Å². The fourth-order valence-electron chi connectivity index (χ4n) is 2.77. The number of nitro groups is 1. The molecule has 0 spiro atoms. The summed E-state index contributed by atoms with van der Waals surface area (Å²) in [5, 5.41) is 13.8. The third-order valence-corrected chi connectivity index (χ3v) is 4.19. The highest BCUT2D eigenvalue weighted by Gasteiger charge is 2.44. The Bertz CT molecular complexity index is 527. The first-order valence-corrected chi connectivity index (χ1v) is 8.34. The van der Waals surface area contributed by atoms with E-state index in [1.165, 1.54) is 6.08 Å². The van der Waals surface area contributed by atoms with Crippen molar-refractivity contribution in [2.45, 2.75) is 51.9 Å². The molecule has 0 fully saturated rings. The lowest BCUT2D eigenvalue weighted by molar-refractivity contribution is -0.439. The van der Waals surface area contributed by atoms with Gasteiger partial charge in [0.05, 0.1) is 17.3 Å². The van der Waals surface area contributed by atoms with Crippen LogP contribution in [0, 0.1) is 15.5 Å². The molecule has 1 aliphatic carbocycles. The van der Waals surface area contributed by atoms with E-state index in [1.807, 2.05) is 6.92 Å².